The third-order valence-electron chi connectivity index (χ3n) is 2.71. The molecule has 0 aromatic heterocycles. The molecular weight excluding hydrogens is 234 g/mol. The predicted octanol–water partition coefficient (Wildman–Crippen LogP) is 3.62. The van der Waals surface area contributed by atoms with Crippen molar-refractivity contribution < 1.29 is 4.74 Å². The molecule has 1 aromatic rings. The molecule has 1 rings (SSSR count). The topological polar surface area (TPSA) is 21.3 Å². The molecule has 0 amide bonds. The Morgan fingerprint density at radius 3 is 2.59 bits per heavy atom. The lowest BCUT2D eigenvalue weighted by Crippen LogP contribution is -2.12. The normalized spacial score (nSPS) is 10.9. The van der Waals surface area contributed by atoms with Crippen molar-refractivity contribution in [3.05, 3.63) is 28.3 Å². The SMILES string of the molecule is CCOc1c(CCNC)cc(Cl)cc1C(C)C. The molecule has 0 aliphatic heterocycles. The minimum atomic E-state index is 0.420. The van der Waals surface area contributed by atoms with Crippen molar-refractivity contribution in [3.63, 3.8) is 0 Å². The van der Waals surface area contributed by atoms with E-state index in [2.05, 4.69) is 19.2 Å². The Bertz CT molecular complexity index is 363. The van der Waals surface area contributed by atoms with Crippen LogP contribution < -0.4 is 10.1 Å². The van der Waals surface area contributed by atoms with Gasteiger partial charge in [0.15, 0.2) is 0 Å². The molecule has 0 saturated heterocycles. The second-order valence-corrected chi connectivity index (χ2v) is 4.86. The lowest BCUT2D eigenvalue weighted by atomic mass is 9.97. The van der Waals surface area contributed by atoms with Crippen LogP contribution in [0.15, 0.2) is 12.1 Å². The number of hydrogen-bond acceptors (Lipinski definition) is 2. The van der Waals surface area contributed by atoms with Gasteiger partial charge in [0.2, 0.25) is 0 Å². The summed E-state index contributed by atoms with van der Waals surface area (Å²) in [6, 6.07) is 4.02. The van der Waals surface area contributed by atoms with E-state index in [9.17, 15) is 0 Å². The summed E-state index contributed by atoms with van der Waals surface area (Å²) in [5.41, 5.74) is 2.39. The van der Waals surface area contributed by atoms with Crippen molar-refractivity contribution in [2.45, 2.75) is 33.1 Å². The van der Waals surface area contributed by atoms with E-state index < -0.39 is 0 Å². The zero-order chi connectivity index (χ0) is 12.8. The summed E-state index contributed by atoms with van der Waals surface area (Å²) in [5, 5.41) is 3.95. The second kappa shape index (κ2) is 6.87. The summed E-state index contributed by atoms with van der Waals surface area (Å²) in [4.78, 5) is 0. The van der Waals surface area contributed by atoms with Gasteiger partial charge in [-0.2, -0.15) is 0 Å². The van der Waals surface area contributed by atoms with Crippen LogP contribution in [0.5, 0.6) is 5.75 Å². The predicted molar refractivity (Wildman–Crippen MR) is 74.3 cm³/mol. The van der Waals surface area contributed by atoms with E-state index in [4.69, 9.17) is 16.3 Å². The lowest BCUT2D eigenvalue weighted by molar-refractivity contribution is 0.331. The Labute approximate surface area is 109 Å². The highest BCUT2D eigenvalue weighted by Crippen LogP contribution is 2.33. The molecular formula is C14H22ClNO. The van der Waals surface area contributed by atoms with E-state index in [0.29, 0.717) is 12.5 Å². The first-order valence-electron chi connectivity index (χ1n) is 6.19. The van der Waals surface area contributed by atoms with Gasteiger partial charge in [0.05, 0.1) is 6.61 Å². The molecule has 1 aromatic carbocycles. The summed E-state index contributed by atoms with van der Waals surface area (Å²) in [7, 11) is 1.95. The molecule has 0 fully saturated rings. The Balaban J connectivity index is 3.14. The minimum absolute atomic E-state index is 0.420. The molecule has 0 bridgehead atoms. The van der Waals surface area contributed by atoms with Crippen LogP contribution >= 0.6 is 11.6 Å². The fraction of sp³-hybridized carbons (Fsp3) is 0.571. The quantitative estimate of drug-likeness (QED) is 0.838. The Kier molecular flexibility index (Phi) is 5.79. The van der Waals surface area contributed by atoms with Crippen LogP contribution in [0.2, 0.25) is 5.02 Å². The zero-order valence-electron chi connectivity index (χ0n) is 11.1. The zero-order valence-corrected chi connectivity index (χ0v) is 11.9. The van der Waals surface area contributed by atoms with Crippen LogP contribution in [0.25, 0.3) is 0 Å². The molecule has 96 valence electrons. The molecule has 0 spiro atoms. The first kappa shape index (κ1) is 14.3. The van der Waals surface area contributed by atoms with Crippen molar-refractivity contribution >= 4 is 11.6 Å². The first-order valence-corrected chi connectivity index (χ1v) is 6.57. The third kappa shape index (κ3) is 3.90. The molecule has 3 heteroatoms. The molecule has 0 heterocycles. The maximum atomic E-state index is 6.17. The molecule has 1 N–H and O–H groups in total. The van der Waals surface area contributed by atoms with E-state index in [-0.39, 0.29) is 0 Å². The van der Waals surface area contributed by atoms with Crippen LogP contribution in [0.4, 0.5) is 0 Å². The van der Waals surface area contributed by atoms with Crippen molar-refractivity contribution in [2.24, 2.45) is 0 Å². The summed E-state index contributed by atoms with van der Waals surface area (Å²) in [5.74, 6) is 1.44. The third-order valence-corrected chi connectivity index (χ3v) is 2.93. The molecule has 17 heavy (non-hydrogen) atoms. The summed E-state index contributed by atoms with van der Waals surface area (Å²) >= 11 is 6.17. The van der Waals surface area contributed by atoms with Gasteiger partial charge in [0.25, 0.3) is 0 Å². The standard InChI is InChI=1S/C14H22ClNO/c1-5-17-14-11(6-7-16-4)8-12(15)9-13(14)10(2)3/h8-10,16H,5-7H2,1-4H3. The fourth-order valence-corrected chi connectivity index (χ4v) is 2.12. The largest absolute Gasteiger partial charge is 0.493 e. The average Bonchev–Trinajstić information content (AvgIpc) is 2.28. The van der Waals surface area contributed by atoms with Crippen LogP contribution in [0.1, 0.15) is 37.8 Å². The van der Waals surface area contributed by atoms with Crippen molar-refractivity contribution in [3.8, 4) is 5.75 Å². The monoisotopic (exact) mass is 255 g/mol. The van der Waals surface area contributed by atoms with Gasteiger partial charge in [0, 0.05) is 5.02 Å². The Morgan fingerprint density at radius 2 is 2.06 bits per heavy atom. The van der Waals surface area contributed by atoms with Crippen molar-refractivity contribution in [2.75, 3.05) is 20.2 Å². The highest BCUT2D eigenvalue weighted by atomic mass is 35.5. The molecule has 0 aliphatic rings. The molecule has 0 unspecified atom stereocenters. The molecule has 0 atom stereocenters. The van der Waals surface area contributed by atoms with Crippen LogP contribution in [0.3, 0.4) is 0 Å². The number of rotatable bonds is 6. The fourth-order valence-electron chi connectivity index (χ4n) is 1.87. The number of ether oxygens (including phenoxy) is 1. The van der Waals surface area contributed by atoms with Crippen LogP contribution in [-0.4, -0.2) is 20.2 Å². The smallest absolute Gasteiger partial charge is 0.126 e. The van der Waals surface area contributed by atoms with Gasteiger partial charge in [-0.1, -0.05) is 25.4 Å². The van der Waals surface area contributed by atoms with Crippen LogP contribution in [0, 0.1) is 0 Å². The highest BCUT2D eigenvalue weighted by molar-refractivity contribution is 6.30. The Morgan fingerprint density at radius 1 is 1.35 bits per heavy atom. The maximum absolute atomic E-state index is 6.17. The number of benzene rings is 1. The first-order chi connectivity index (χ1) is 8.10. The summed E-state index contributed by atoms with van der Waals surface area (Å²) < 4.78 is 5.80. The van der Waals surface area contributed by atoms with Gasteiger partial charge < -0.3 is 10.1 Å². The molecule has 0 radical (unpaired) electrons. The number of halogens is 1. The van der Waals surface area contributed by atoms with Gasteiger partial charge in [-0.05, 0) is 56.1 Å². The highest BCUT2D eigenvalue weighted by Gasteiger charge is 2.14. The van der Waals surface area contributed by atoms with Gasteiger partial charge in [0.1, 0.15) is 5.75 Å². The second-order valence-electron chi connectivity index (χ2n) is 4.42. The van der Waals surface area contributed by atoms with Crippen molar-refractivity contribution in [1.82, 2.24) is 5.32 Å². The van der Waals surface area contributed by atoms with E-state index >= 15 is 0 Å². The Hall–Kier alpha value is -0.730. The van der Waals surface area contributed by atoms with Gasteiger partial charge in [-0.3, -0.25) is 0 Å². The lowest BCUT2D eigenvalue weighted by Gasteiger charge is -2.18. The maximum Gasteiger partial charge on any atom is 0.126 e. The van der Waals surface area contributed by atoms with Gasteiger partial charge >= 0.3 is 0 Å². The summed E-state index contributed by atoms with van der Waals surface area (Å²) in [6.45, 7) is 7.96. The van der Waals surface area contributed by atoms with Crippen molar-refractivity contribution in [1.29, 1.82) is 0 Å². The molecule has 0 saturated carbocycles. The number of likely N-dealkylation sites (N-methyl/N-ethyl adjacent to an activating group) is 1. The van der Waals surface area contributed by atoms with E-state index in [1.165, 1.54) is 11.1 Å². The van der Waals surface area contributed by atoms with E-state index in [1.807, 2.05) is 26.1 Å². The minimum Gasteiger partial charge on any atom is -0.493 e. The number of nitrogens with one attached hydrogen (secondary N) is 1. The van der Waals surface area contributed by atoms with E-state index in [0.717, 1.165) is 23.7 Å². The summed E-state index contributed by atoms with van der Waals surface area (Å²) in [6.07, 6.45) is 0.937. The van der Waals surface area contributed by atoms with E-state index in [1.54, 1.807) is 0 Å². The van der Waals surface area contributed by atoms with Gasteiger partial charge in [-0.15, -0.1) is 0 Å². The average molecular weight is 256 g/mol. The number of hydrogen-bond donors (Lipinski definition) is 1. The molecule has 0 aliphatic carbocycles. The van der Waals surface area contributed by atoms with Crippen LogP contribution in [-0.2, 0) is 6.42 Å². The molecule has 2 nitrogen and oxygen atoms in total. The van der Waals surface area contributed by atoms with Gasteiger partial charge in [-0.25, -0.2) is 0 Å².